The average molecular weight is 320 g/mol. The molecule has 0 atom stereocenters. The summed E-state index contributed by atoms with van der Waals surface area (Å²) in [6, 6.07) is 12.4. The maximum Gasteiger partial charge on any atom is 0.0731 e. The van der Waals surface area contributed by atoms with Crippen LogP contribution >= 0.6 is 23.4 Å². The molecule has 0 heterocycles. The Morgan fingerprint density at radius 3 is 2.62 bits per heavy atom. The highest BCUT2D eigenvalue weighted by Crippen LogP contribution is 2.20. The molecule has 0 radical (unpaired) electrons. The number of rotatable bonds is 5. The molecule has 0 aliphatic heterocycles. The van der Waals surface area contributed by atoms with Crippen LogP contribution in [0.3, 0.4) is 0 Å². The van der Waals surface area contributed by atoms with Crippen molar-refractivity contribution in [3.05, 3.63) is 58.6 Å². The van der Waals surface area contributed by atoms with Gasteiger partial charge in [-0.05, 0) is 42.2 Å². The normalized spacial score (nSPS) is 10.8. The van der Waals surface area contributed by atoms with Gasteiger partial charge in [0, 0.05) is 15.5 Å². The molecule has 4 nitrogen and oxygen atoms in total. The monoisotopic (exact) mass is 319 g/mol. The quantitative estimate of drug-likeness (QED) is 0.523. The van der Waals surface area contributed by atoms with E-state index in [0.717, 1.165) is 5.56 Å². The zero-order valence-corrected chi connectivity index (χ0v) is 12.7. The number of benzene rings is 2. The van der Waals surface area contributed by atoms with Crippen LogP contribution in [0.15, 0.2) is 52.5 Å². The number of halogens is 1. The lowest BCUT2D eigenvalue weighted by Crippen LogP contribution is -2.22. The second kappa shape index (κ2) is 7.15. The van der Waals surface area contributed by atoms with E-state index in [2.05, 4.69) is 10.5 Å². The number of nitrogens with zero attached hydrogens (tertiary/aromatic N) is 1. The summed E-state index contributed by atoms with van der Waals surface area (Å²) in [4.78, 5) is 12.0. The van der Waals surface area contributed by atoms with Crippen LogP contribution in [0.25, 0.3) is 0 Å². The number of thioether (sulfide) groups is 1. The number of anilines is 1. The van der Waals surface area contributed by atoms with Crippen molar-refractivity contribution in [3.8, 4) is 0 Å². The third-order valence-corrected chi connectivity index (χ3v) is 3.78. The lowest BCUT2D eigenvalue weighted by atomic mass is 10.2. The Morgan fingerprint density at radius 2 is 2.00 bits per heavy atom. The number of hydrazone groups is 1. The Kier molecular flexibility index (Phi) is 5.25. The van der Waals surface area contributed by atoms with Crippen LogP contribution in [0, 0.1) is 0 Å². The number of carbonyl (C=O) groups is 1. The number of carbonyl (C=O) groups excluding carboxylic acids is 1. The summed E-state index contributed by atoms with van der Waals surface area (Å²) in [6.45, 7) is 0. The first kappa shape index (κ1) is 15.4. The Labute approximate surface area is 131 Å². The first-order valence-electron chi connectivity index (χ1n) is 6.04. The molecule has 108 valence electrons. The van der Waals surface area contributed by atoms with Crippen molar-refractivity contribution in [3.63, 3.8) is 0 Å². The summed E-state index contributed by atoms with van der Waals surface area (Å²) in [7, 11) is 0. The summed E-state index contributed by atoms with van der Waals surface area (Å²) in [5, 5.41) is 15.1. The molecule has 0 aromatic heterocycles. The molecule has 0 saturated heterocycles. The molecule has 1 N–H and O–H groups in total. The maximum atomic E-state index is 10.9. The van der Waals surface area contributed by atoms with E-state index in [9.17, 15) is 9.90 Å². The van der Waals surface area contributed by atoms with E-state index in [0.29, 0.717) is 5.69 Å². The number of carboxylic acids is 1. The highest BCUT2D eigenvalue weighted by Gasteiger charge is 2.02. The van der Waals surface area contributed by atoms with Crippen LogP contribution in [0.5, 0.6) is 0 Å². The van der Waals surface area contributed by atoms with Gasteiger partial charge in [0.05, 0.1) is 17.9 Å². The number of aromatic carboxylic acids is 1. The van der Waals surface area contributed by atoms with Gasteiger partial charge in [-0.3, -0.25) is 5.43 Å². The molecule has 0 aliphatic rings. The molecule has 0 spiro atoms. The van der Waals surface area contributed by atoms with Gasteiger partial charge in [-0.2, -0.15) is 5.10 Å². The lowest BCUT2D eigenvalue weighted by Gasteiger charge is -2.07. The molecule has 0 fully saturated rings. The molecule has 2 aromatic rings. The van der Waals surface area contributed by atoms with Crippen molar-refractivity contribution >= 4 is 41.2 Å². The zero-order valence-electron chi connectivity index (χ0n) is 11.2. The van der Waals surface area contributed by atoms with Gasteiger partial charge in [-0.25, -0.2) is 0 Å². The van der Waals surface area contributed by atoms with Gasteiger partial charge in [0.2, 0.25) is 0 Å². The first-order valence-corrected chi connectivity index (χ1v) is 7.64. The predicted molar refractivity (Wildman–Crippen MR) is 85.2 cm³/mol. The SMILES string of the molecule is CSc1ccc(/C=N\Nc2ccc(Cl)c(C(=O)[O-])c2)cc1. The van der Waals surface area contributed by atoms with Crippen LogP contribution in [0.1, 0.15) is 15.9 Å². The van der Waals surface area contributed by atoms with Gasteiger partial charge in [-0.1, -0.05) is 23.7 Å². The van der Waals surface area contributed by atoms with Crippen LogP contribution < -0.4 is 10.5 Å². The Bertz CT molecular complexity index is 672. The van der Waals surface area contributed by atoms with Crippen LogP contribution in [-0.2, 0) is 0 Å². The maximum absolute atomic E-state index is 10.9. The Morgan fingerprint density at radius 1 is 1.29 bits per heavy atom. The van der Waals surface area contributed by atoms with Crippen LogP contribution in [0.2, 0.25) is 5.02 Å². The Balaban J connectivity index is 2.06. The fourth-order valence-electron chi connectivity index (χ4n) is 1.62. The molecule has 21 heavy (non-hydrogen) atoms. The van der Waals surface area contributed by atoms with E-state index in [4.69, 9.17) is 11.6 Å². The second-order valence-corrected chi connectivity index (χ2v) is 5.41. The van der Waals surface area contributed by atoms with Crippen LogP contribution in [-0.4, -0.2) is 18.4 Å². The largest absolute Gasteiger partial charge is 0.545 e. The van der Waals surface area contributed by atoms with Crippen molar-refractivity contribution in [2.45, 2.75) is 4.90 Å². The highest BCUT2D eigenvalue weighted by molar-refractivity contribution is 7.98. The molecule has 0 bridgehead atoms. The summed E-state index contributed by atoms with van der Waals surface area (Å²) in [5.74, 6) is -1.32. The number of nitrogens with one attached hydrogen (secondary N) is 1. The fourth-order valence-corrected chi connectivity index (χ4v) is 2.23. The van der Waals surface area contributed by atoms with Gasteiger partial charge in [0.15, 0.2) is 0 Å². The van der Waals surface area contributed by atoms with Crippen LogP contribution in [0.4, 0.5) is 5.69 Å². The summed E-state index contributed by atoms with van der Waals surface area (Å²) < 4.78 is 0. The molecule has 6 heteroatoms. The van der Waals surface area contributed by atoms with Gasteiger partial charge in [-0.15, -0.1) is 11.8 Å². The molecule has 0 amide bonds. The zero-order chi connectivity index (χ0) is 15.2. The van der Waals surface area contributed by atoms with Gasteiger partial charge >= 0.3 is 0 Å². The van der Waals surface area contributed by atoms with E-state index in [1.54, 1.807) is 24.0 Å². The van der Waals surface area contributed by atoms with Crippen molar-refractivity contribution in [2.24, 2.45) is 5.10 Å². The average Bonchev–Trinajstić information content (AvgIpc) is 2.49. The van der Waals surface area contributed by atoms with E-state index in [1.807, 2.05) is 30.5 Å². The van der Waals surface area contributed by atoms with Crippen molar-refractivity contribution in [1.29, 1.82) is 0 Å². The summed E-state index contributed by atoms with van der Waals surface area (Å²) in [5.41, 5.74) is 4.15. The topological polar surface area (TPSA) is 64.5 Å². The number of hydrogen-bond donors (Lipinski definition) is 1. The third kappa shape index (κ3) is 4.24. The predicted octanol–water partition coefficient (Wildman–Crippen LogP) is 2.87. The molecule has 0 unspecified atom stereocenters. The third-order valence-electron chi connectivity index (χ3n) is 2.71. The minimum atomic E-state index is -1.32. The molecular weight excluding hydrogens is 308 g/mol. The standard InChI is InChI=1S/C15H13ClN2O2S/c1-21-12-5-2-10(3-6-12)9-17-18-11-4-7-14(16)13(8-11)15(19)20/h2-9,18H,1H3,(H,19,20)/p-1/b17-9-. The molecule has 2 rings (SSSR count). The highest BCUT2D eigenvalue weighted by atomic mass is 35.5. The Hall–Kier alpha value is -1.98. The number of hydrogen-bond acceptors (Lipinski definition) is 5. The second-order valence-electron chi connectivity index (χ2n) is 4.13. The molecule has 0 saturated carbocycles. The first-order chi connectivity index (χ1) is 10.1. The van der Waals surface area contributed by atoms with Crippen molar-refractivity contribution in [1.82, 2.24) is 0 Å². The smallest absolute Gasteiger partial charge is 0.0731 e. The van der Waals surface area contributed by atoms with Crippen molar-refractivity contribution in [2.75, 3.05) is 11.7 Å². The van der Waals surface area contributed by atoms with E-state index >= 15 is 0 Å². The van der Waals surface area contributed by atoms with Gasteiger partial charge in [0.25, 0.3) is 0 Å². The van der Waals surface area contributed by atoms with E-state index < -0.39 is 5.97 Å². The summed E-state index contributed by atoms with van der Waals surface area (Å²) in [6.07, 6.45) is 3.66. The van der Waals surface area contributed by atoms with Crippen molar-refractivity contribution < 1.29 is 9.90 Å². The summed E-state index contributed by atoms with van der Waals surface area (Å²) >= 11 is 7.43. The molecule has 0 aliphatic carbocycles. The molecular formula is C15H12ClN2O2S-. The minimum Gasteiger partial charge on any atom is -0.545 e. The van der Waals surface area contributed by atoms with E-state index in [-0.39, 0.29) is 10.6 Å². The molecule has 2 aromatic carbocycles. The van der Waals surface area contributed by atoms with Gasteiger partial charge < -0.3 is 9.90 Å². The van der Waals surface area contributed by atoms with E-state index in [1.165, 1.54) is 17.0 Å². The lowest BCUT2D eigenvalue weighted by molar-refractivity contribution is -0.255. The minimum absolute atomic E-state index is 0.0683. The number of carboxylic acid groups (broad SMARTS) is 1. The van der Waals surface area contributed by atoms with Gasteiger partial charge in [0.1, 0.15) is 0 Å². The fraction of sp³-hybridized carbons (Fsp3) is 0.0667.